The minimum absolute atomic E-state index is 0.0346. The van der Waals surface area contributed by atoms with Crippen molar-refractivity contribution in [1.82, 2.24) is 10.2 Å². The highest BCUT2D eigenvalue weighted by Gasteiger charge is 2.48. The number of aliphatic hydroxyl groups is 1. The molecule has 0 aliphatic carbocycles. The van der Waals surface area contributed by atoms with Gasteiger partial charge < -0.3 is 14.6 Å². The van der Waals surface area contributed by atoms with E-state index in [4.69, 9.17) is 9.47 Å². The van der Waals surface area contributed by atoms with E-state index in [1.54, 1.807) is 55.6 Å². The van der Waals surface area contributed by atoms with Crippen molar-refractivity contribution < 1.29 is 24.2 Å². The van der Waals surface area contributed by atoms with Crippen molar-refractivity contribution in [2.75, 3.05) is 12.0 Å². The second-order valence-electron chi connectivity index (χ2n) is 10.9. The van der Waals surface area contributed by atoms with Crippen molar-refractivity contribution in [2.45, 2.75) is 36.6 Å². The third-order valence-corrected chi connectivity index (χ3v) is 9.70. The van der Waals surface area contributed by atoms with Gasteiger partial charge in [-0.2, -0.15) is 0 Å². The Balaban J connectivity index is 1.30. The summed E-state index contributed by atoms with van der Waals surface area (Å²) < 4.78 is 11.9. The van der Waals surface area contributed by atoms with Crippen LogP contribution in [-0.4, -0.2) is 34.1 Å². The first-order chi connectivity index (χ1) is 22.3. The Morgan fingerprint density at radius 2 is 1.59 bits per heavy atom. The molecule has 8 nitrogen and oxygen atoms in total. The van der Waals surface area contributed by atoms with E-state index in [0.717, 1.165) is 16.7 Å². The molecule has 46 heavy (non-hydrogen) atoms. The Kier molecular flexibility index (Phi) is 9.18. The number of carbonyl (C=O) groups excluding carboxylic acids is 2. The maximum absolute atomic E-state index is 13.6. The van der Waals surface area contributed by atoms with Crippen molar-refractivity contribution in [3.05, 3.63) is 136 Å². The van der Waals surface area contributed by atoms with Crippen LogP contribution in [0.15, 0.2) is 107 Å². The average Bonchev–Trinajstić information content (AvgIpc) is 3.65. The number of nitrogens with zero attached hydrogens (tertiary/aromatic N) is 3. The number of carbonyl (C=O) groups is 2. The molecule has 1 N–H and O–H groups in total. The highest BCUT2D eigenvalue weighted by atomic mass is 32.2. The number of aromatic nitrogens is 2. The van der Waals surface area contributed by atoms with E-state index in [1.807, 2.05) is 32.0 Å². The molecular weight excluding hydrogens is 619 g/mol. The van der Waals surface area contributed by atoms with Crippen LogP contribution in [0.3, 0.4) is 0 Å². The summed E-state index contributed by atoms with van der Waals surface area (Å²) in [6.07, 6.45) is 0. The number of anilines is 1. The number of thioether (sulfide) groups is 1. The molecule has 0 saturated carbocycles. The van der Waals surface area contributed by atoms with Crippen LogP contribution < -0.4 is 14.4 Å². The smallest absolute Gasteiger partial charge is 0.301 e. The summed E-state index contributed by atoms with van der Waals surface area (Å²) in [5.41, 5.74) is 5.47. The van der Waals surface area contributed by atoms with E-state index in [2.05, 4.69) is 40.5 Å². The molecule has 4 aromatic carbocycles. The molecule has 1 fully saturated rings. The maximum Gasteiger partial charge on any atom is 0.301 e. The molecule has 1 aromatic heterocycles. The van der Waals surface area contributed by atoms with Crippen LogP contribution in [0, 0.1) is 13.8 Å². The molecule has 1 aliphatic heterocycles. The number of rotatable bonds is 10. The Hall–Kier alpha value is -4.93. The van der Waals surface area contributed by atoms with Gasteiger partial charge in [-0.3, -0.25) is 14.5 Å². The molecule has 5 aromatic rings. The Labute approximate surface area is 275 Å². The fourth-order valence-corrected chi connectivity index (χ4v) is 6.98. The van der Waals surface area contributed by atoms with Crippen LogP contribution in [0.2, 0.25) is 0 Å². The summed E-state index contributed by atoms with van der Waals surface area (Å²) in [5.74, 6) is 0.0296. The molecule has 0 bridgehead atoms. The topological polar surface area (TPSA) is 102 Å². The van der Waals surface area contributed by atoms with Crippen LogP contribution in [-0.2, 0) is 21.9 Å². The number of ether oxygens (including phenoxy) is 2. The predicted octanol–water partition coefficient (Wildman–Crippen LogP) is 7.66. The SMILES string of the molecule is COc1ccc(C2C(=C(O)c3ccc(OCc4cccc(C)c4)cc3)C(=O)C(=O)N2c2nnc(SCc3ccc(C)cc3)s2)cc1. The van der Waals surface area contributed by atoms with Crippen LogP contribution in [0.4, 0.5) is 5.13 Å². The zero-order valence-corrected chi connectivity index (χ0v) is 27.1. The highest BCUT2D eigenvalue weighted by Crippen LogP contribution is 2.44. The minimum atomic E-state index is -0.925. The monoisotopic (exact) mass is 649 g/mol. The fraction of sp³-hybridized carbons (Fsp3) is 0.167. The minimum Gasteiger partial charge on any atom is -0.507 e. The first-order valence-electron chi connectivity index (χ1n) is 14.6. The number of hydrogen-bond acceptors (Lipinski definition) is 9. The summed E-state index contributed by atoms with van der Waals surface area (Å²) >= 11 is 2.73. The first kappa shape index (κ1) is 31.1. The third-order valence-electron chi connectivity index (χ3n) is 7.58. The van der Waals surface area contributed by atoms with Crippen molar-refractivity contribution in [3.8, 4) is 11.5 Å². The molecule has 1 unspecified atom stereocenters. The van der Waals surface area contributed by atoms with Gasteiger partial charge in [0.05, 0.1) is 18.7 Å². The van der Waals surface area contributed by atoms with E-state index in [1.165, 1.54) is 33.6 Å². The fourth-order valence-electron chi connectivity index (χ4n) is 5.15. The predicted molar refractivity (Wildman–Crippen MR) is 180 cm³/mol. The Bertz CT molecular complexity index is 1900. The molecule has 1 saturated heterocycles. The quantitative estimate of drug-likeness (QED) is 0.0541. The Morgan fingerprint density at radius 3 is 2.28 bits per heavy atom. The molecular formula is C36H31N3O5S2. The summed E-state index contributed by atoms with van der Waals surface area (Å²) in [4.78, 5) is 28.5. The molecule has 232 valence electrons. The first-order valence-corrected chi connectivity index (χ1v) is 16.4. The summed E-state index contributed by atoms with van der Waals surface area (Å²) in [5, 5.41) is 20.4. The van der Waals surface area contributed by atoms with Gasteiger partial charge in [-0.25, -0.2) is 0 Å². The van der Waals surface area contributed by atoms with Gasteiger partial charge in [0.2, 0.25) is 5.13 Å². The molecule has 1 atom stereocenters. The third kappa shape index (κ3) is 6.68. The zero-order valence-electron chi connectivity index (χ0n) is 25.5. The molecule has 0 spiro atoms. The molecule has 6 rings (SSSR count). The van der Waals surface area contributed by atoms with Crippen molar-refractivity contribution in [2.24, 2.45) is 0 Å². The van der Waals surface area contributed by atoms with Gasteiger partial charge in [-0.15, -0.1) is 10.2 Å². The lowest BCUT2D eigenvalue weighted by atomic mass is 9.95. The van der Waals surface area contributed by atoms with E-state index >= 15 is 0 Å². The number of ketones is 1. The summed E-state index contributed by atoms with van der Waals surface area (Å²) in [6.45, 7) is 4.46. The number of Topliss-reactive ketones (excluding diaryl/α,β-unsaturated/α-hetero) is 1. The van der Waals surface area contributed by atoms with Gasteiger partial charge >= 0.3 is 5.91 Å². The van der Waals surface area contributed by atoms with Gasteiger partial charge in [0.1, 0.15) is 23.9 Å². The average molecular weight is 650 g/mol. The standard InChI is InChI=1S/C36H31N3O5S2/c1-22-7-9-24(10-8-22)21-45-36-38-37-35(46-36)39-31(26-11-15-28(43-3)16-12-26)30(33(41)34(39)42)32(40)27-13-17-29(18-14-27)44-20-25-6-4-5-23(2)19-25/h4-19,31,40H,20-21H2,1-3H3. The van der Waals surface area contributed by atoms with Crippen LogP contribution in [0.5, 0.6) is 11.5 Å². The largest absolute Gasteiger partial charge is 0.507 e. The number of hydrogen-bond donors (Lipinski definition) is 1. The lowest BCUT2D eigenvalue weighted by molar-refractivity contribution is -0.132. The van der Waals surface area contributed by atoms with Crippen LogP contribution in [0.25, 0.3) is 5.76 Å². The molecule has 1 aliphatic rings. The van der Waals surface area contributed by atoms with E-state index in [9.17, 15) is 14.7 Å². The van der Waals surface area contributed by atoms with Gasteiger partial charge in [0, 0.05) is 11.3 Å². The summed E-state index contributed by atoms with van der Waals surface area (Å²) in [7, 11) is 1.56. The van der Waals surface area contributed by atoms with Crippen molar-refractivity contribution in [3.63, 3.8) is 0 Å². The Morgan fingerprint density at radius 1 is 0.870 bits per heavy atom. The number of methoxy groups -OCH3 is 1. The van der Waals surface area contributed by atoms with Gasteiger partial charge in [-0.05, 0) is 66.9 Å². The molecule has 0 radical (unpaired) electrons. The summed E-state index contributed by atoms with van der Waals surface area (Å²) in [6, 6.07) is 29.2. The number of benzene rings is 4. The highest BCUT2D eigenvalue weighted by molar-refractivity contribution is 8.00. The second kappa shape index (κ2) is 13.6. The molecule has 2 heterocycles. The van der Waals surface area contributed by atoms with Gasteiger partial charge in [-0.1, -0.05) is 94.9 Å². The van der Waals surface area contributed by atoms with E-state index in [0.29, 0.717) is 39.3 Å². The van der Waals surface area contributed by atoms with E-state index in [-0.39, 0.29) is 16.5 Å². The molecule has 1 amide bonds. The number of aliphatic hydroxyl groups excluding tert-OH is 1. The lowest BCUT2D eigenvalue weighted by Gasteiger charge is -2.22. The van der Waals surface area contributed by atoms with Crippen LogP contribution in [0.1, 0.15) is 39.4 Å². The van der Waals surface area contributed by atoms with Crippen molar-refractivity contribution >= 4 is 45.7 Å². The zero-order chi connectivity index (χ0) is 32.2. The van der Waals surface area contributed by atoms with Crippen molar-refractivity contribution in [1.29, 1.82) is 0 Å². The van der Waals surface area contributed by atoms with Gasteiger partial charge in [0.25, 0.3) is 5.78 Å². The van der Waals surface area contributed by atoms with Gasteiger partial charge in [0.15, 0.2) is 4.34 Å². The second-order valence-corrected chi connectivity index (χ2v) is 13.0. The maximum atomic E-state index is 13.6. The number of amides is 1. The lowest BCUT2D eigenvalue weighted by Crippen LogP contribution is -2.29. The van der Waals surface area contributed by atoms with E-state index < -0.39 is 17.7 Å². The normalized spacial score (nSPS) is 15.7. The van der Waals surface area contributed by atoms with Crippen LogP contribution >= 0.6 is 23.1 Å². The number of aryl methyl sites for hydroxylation is 2. The molecule has 10 heteroatoms.